The molecule has 0 aliphatic rings. The second-order valence-electron chi connectivity index (χ2n) is 8.06. The lowest BCUT2D eigenvalue weighted by molar-refractivity contribution is 0.102. The summed E-state index contributed by atoms with van der Waals surface area (Å²) in [6, 6.07) is 17.4. The molecular formula is C24H21Cl2N3O2. The van der Waals surface area contributed by atoms with E-state index in [0.717, 1.165) is 11.3 Å². The van der Waals surface area contributed by atoms with Gasteiger partial charge in [0.1, 0.15) is 5.75 Å². The Labute approximate surface area is 191 Å². The molecule has 0 atom stereocenters. The number of hydrogen-bond acceptors (Lipinski definition) is 4. The Balaban J connectivity index is 1.98. The molecule has 3 aromatic carbocycles. The summed E-state index contributed by atoms with van der Waals surface area (Å²) in [4.78, 5) is 12.9. The molecule has 3 rings (SSSR count). The minimum absolute atomic E-state index is 0.0138. The number of benzene rings is 3. The maximum atomic E-state index is 12.9. The lowest BCUT2D eigenvalue weighted by atomic mass is 9.86. The van der Waals surface area contributed by atoms with Gasteiger partial charge in [0.25, 0.3) is 5.91 Å². The Bertz CT molecular complexity index is 1180. The third-order valence-electron chi connectivity index (χ3n) is 4.71. The van der Waals surface area contributed by atoms with Crippen molar-refractivity contribution in [3.8, 4) is 11.8 Å². The van der Waals surface area contributed by atoms with E-state index in [4.69, 9.17) is 28.5 Å². The predicted molar refractivity (Wildman–Crippen MR) is 126 cm³/mol. The summed E-state index contributed by atoms with van der Waals surface area (Å²) in [6.07, 6.45) is 0. The number of phenolic OH excluding ortho intramolecular Hbond substituents is 1. The van der Waals surface area contributed by atoms with Crippen LogP contribution >= 0.6 is 23.2 Å². The van der Waals surface area contributed by atoms with Crippen LogP contribution in [0.2, 0.25) is 10.0 Å². The number of carbonyl (C=O) groups excluding carboxylic acids is 1. The van der Waals surface area contributed by atoms with Crippen molar-refractivity contribution in [2.24, 2.45) is 0 Å². The monoisotopic (exact) mass is 453 g/mol. The number of rotatable bonds is 4. The first-order valence-electron chi connectivity index (χ1n) is 9.49. The van der Waals surface area contributed by atoms with Gasteiger partial charge in [0, 0.05) is 11.8 Å². The lowest BCUT2D eigenvalue weighted by Crippen LogP contribution is -2.16. The average Bonchev–Trinajstić information content (AvgIpc) is 2.71. The topological polar surface area (TPSA) is 85.2 Å². The molecule has 7 heteroatoms. The molecule has 0 heterocycles. The Morgan fingerprint density at radius 1 is 0.968 bits per heavy atom. The van der Waals surface area contributed by atoms with Gasteiger partial charge in [0.2, 0.25) is 0 Å². The van der Waals surface area contributed by atoms with E-state index in [1.165, 1.54) is 12.1 Å². The molecule has 0 radical (unpaired) electrons. The maximum absolute atomic E-state index is 12.9. The van der Waals surface area contributed by atoms with E-state index in [1.54, 1.807) is 24.3 Å². The van der Waals surface area contributed by atoms with Crippen LogP contribution in [0.4, 0.5) is 17.1 Å². The summed E-state index contributed by atoms with van der Waals surface area (Å²) in [7, 11) is 0. The Morgan fingerprint density at radius 3 is 2.23 bits per heavy atom. The van der Waals surface area contributed by atoms with Crippen LogP contribution in [0.25, 0.3) is 0 Å². The quantitative estimate of drug-likeness (QED) is 0.402. The highest BCUT2D eigenvalue weighted by Gasteiger charge is 2.19. The highest BCUT2D eigenvalue weighted by molar-refractivity contribution is 6.42. The third-order valence-corrected chi connectivity index (χ3v) is 5.43. The molecule has 158 valence electrons. The maximum Gasteiger partial charge on any atom is 0.259 e. The van der Waals surface area contributed by atoms with Gasteiger partial charge in [-0.1, -0.05) is 50.0 Å². The van der Waals surface area contributed by atoms with E-state index in [2.05, 4.69) is 37.5 Å². The van der Waals surface area contributed by atoms with Gasteiger partial charge >= 0.3 is 0 Å². The predicted octanol–water partition coefficient (Wildman–Crippen LogP) is 6.86. The number of nitriles is 1. The SMILES string of the molecule is CC(C)(C)c1ccc(Nc2ccc(C#N)cc2)c(NC(=O)c2cc(Cl)c(Cl)cc2O)c1. The van der Waals surface area contributed by atoms with Crippen molar-refractivity contribution in [2.45, 2.75) is 26.2 Å². The molecule has 3 N–H and O–H groups in total. The van der Waals surface area contributed by atoms with Crippen LogP contribution in [0.3, 0.4) is 0 Å². The van der Waals surface area contributed by atoms with Gasteiger partial charge in [-0.25, -0.2) is 0 Å². The second kappa shape index (κ2) is 8.89. The van der Waals surface area contributed by atoms with Crippen molar-refractivity contribution in [2.75, 3.05) is 10.6 Å². The Kier molecular flexibility index (Phi) is 6.45. The fraction of sp³-hybridized carbons (Fsp3) is 0.167. The van der Waals surface area contributed by atoms with Crippen LogP contribution in [0, 0.1) is 11.3 Å². The zero-order valence-electron chi connectivity index (χ0n) is 17.3. The molecule has 0 aliphatic heterocycles. The minimum Gasteiger partial charge on any atom is -0.507 e. The number of hydrogen-bond donors (Lipinski definition) is 3. The molecule has 31 heavy (non-hydrogen) atoms. The van der Waals surface area contributed by atoms with Crippen molar-refractivity contribution < 1.29 is 9.90 Å². The van der Waals surface area contributed by atoms with Crippen LogP contribution < -0.4 is 10.6 Å². The smallest absolute Gasteiger partial charge is 0.259 e. The number of anilines is 3. The standard InChI is InChI=1S/C24H21Cl2N3O2/c1-24(2,3)15-6-9-20(28-16-7-4-14(13-27)5-8-16)21(10-15)29-23(31)17-11-18(25)19(26)12-22(17)30/h4-12,28,30H,1-3H3,(H,29,31). The number of amides is 1. The highest BCUT2D eigenvalue weighted by atomic mass is 35.5. The van der Waals surface area contributed by atoms with E-state index in [1.807, 2.05) is 18.2 Å². The van der Waals surface area contributed by atoms with E-state index in [-0.39, 0.29) is 26.8 Å². The number of phenols is 1. The van der Waals surface area contributed by atoms with Gasteiger partial charge in [0.15, 0.2) is 0 Å². The number of nitrogens with one attached hydrogen (secondary N) is 2. The molecule has 0 spiro atoms. The fourth-order valence-electron chi connectivity index (χ4n) is 2.91. The molecule has 0 aromatic heterocycles. The largest absolute Gasteiger partial charge is 0.507 e. The lowest BCUT2D eigenvalue weighted by Gasteiger charge is -2.22. The second-order valence-corrected chi connectivity index (χ2v) is 8.88. The number of nitrogens with zero attached hydrogens (tertiary/aromatic N) is 1. The summed E-state index contributed by atoms with van der Waals surface area (Å²) < 4.78 is 0. The normalized spacial score (nSPS) is 11.0. The first kappa shape index (κ1) is 22.5. The third kappa shape index (κ3) is 5.29. The van der Waals surface area contributed by atoms with Crippen molar-refractivity contribution >= 4 is 46.2 Å². The summed E-state index contributed by atoms with van der Waals surface area (Å²) in [6.45, 7) is 6.23. The highest BCUT2D eigenvalue weighted by Crippen LogP contribution is 2.34. The van der Waals surface area contributed by atoms with Gasteiger partial charge in [-0.2, -0.15) is 5.26 Å². The van der Waals surface area contributed by atoms with E-state index in [0.29, 0.717) is 16.9 Å². The molecular weight excluding hydrogens is 433 g/mol. The summed E-state index contributed by atoms with van der Waals surface area (Å²) in [5.74, 6) is -0.787. The Hall–Kier alpha value is -3.20. The summed E-state index contributed by atoms with van der Waals surface area (Å²) in [5, 5.41) is 25.6. The van der Waals surface area contributed by atoms with Crippen molar-refractivity contribution in [3.63, 3.8) is 0 Å². The number of aromatic hydroxyl groups is 1. The molecule has 5 nitrogen and oxygen atoms in total. The minimum atomic E-state index is -0.523. The first-order valence-corrected chi connectivity index (χ1v) is 10.2. The van der Waals surface area contributed by atoms with E-state index >= 15 is 0 Å². The molecule has 0 bridgehead atoms. The summed E-state index contributed by atoms with van der Waals surface area (Å²) in [5.41, 5.74) is 3.40. The molecule has 0 saturated carbocycles. The van der Waals surface area contributed by atoms with Gasteiger partial charge in [-0.3, -0.25) is 4.79 Å². The van der Waals surface area contributed by atoms with Crippen LogP contribution in [-0.2, 0) is 5.41 Å². The fourth-order valence-corrected chi connectivity index (χ4v) is 3.24. The van der Waals surface area contributed by atoms with Gasteiger partial charge in [-0.15, -0.1) is 0 Å². The van der Waals surface area contributed by atoms with E-state index in [9.17, 15) is 9.90 Å². The van der Waals surface area contributed by atoms with Crippen molar-refractivity contribution in [1.29, 1.82) is 5.26 Å². The van der Waals surface area contributed by atoms with Crippen LogP contribution in [-0.4, -0.2) is 11.0 Å². The molecule has 3 aromatic rings. The van der Waals surface area contributed by atoms with Crippen LogP contribution in [0.5, 0.6) is 5.75 Å². The molecule has 1 amide bonds. The van der Waals surface area contributed by atoms with Crippen molar-refractivity contribution in [1.82, 2.24) is 0 Å². The summed E-state index contributed by atoms with van der Waals surface area (Å²) >= 11 is 11.9. The Morgan fingerprint density at radius 2 is 1.61 bits per heavy atom. The van der Waals surface area contributed by atoms with E-state index < -0.39 is 5.91 Å². The zero-order valence-corrected chi connectivity index (χ0v) is 18.8. The van der Waals surface area contributed by atoms with Crippen molar-refractivity contribution in [3.05, 3.63) is 81.3 Å². The average molecular weight is 454 g/mol. The molecule has 0 aliphatic carbocycles. The molecule has 0 fully saturated rings. The molecule has 0 unspecified atom stereocenters. The number of carbonyl (C=O) groups is 1. The molecule has 0 saturated heterocycles. The zero-order chi connectivity index (χ0) is 22.8. The van der Waals surface area contributed by atoms with Gasteiger partial charge in [0.05, 0.1) is 38.6 Å². The van der Waals surface area contributed by atoms with Gasteiger partial charge < -0.3 is 15.7 Å². The van der Waals surface area contributed by atoms with Crippen LogP contribution in [0.15, 0.2) is 54.6 Å². The number of halogens is 2. The first-order chi connectivity index (χ1) is 14.6. The van der Waals surface area contributed by atoms with Crippen LogP contribution in [0.1, 0.15) is 42.3 Å². The van der Waals surface area contributed by atoms with Gasteiger partial charge in [-0.05, 0) is 53.4 Å².